The first kappa shape index (κ1) is 24.1. The van der Waals surface area contributed by atoms with Gasteiger partial charge in [-0.1, -0.05) is 35.3 Å². The summed E-state index contributed by atoms with van der Waals surface area (Å²) in [6.07, 6.45) is 1.70. The van der Waals surface area contributed by atoms with Crippen LogP contribution in [0.25, 0.3) is 6.08 Å². The molecule has 1 heterocycles. The van der Waals surface area contributed by atoms with E-state index in [9.17, 15) is 9.18 Å². The van der Waals surface area contributed by atoms with Crippen LogP contribution >= 0.6 is 35.0 Å². The van der Waals surface area contributed by atoms with Crippen molar-refractivity contribution in [2.45, 2.75) is 13.5 Å². The van der Waals surface area contributed by atoms with Crippen molar-refractivity contribution < 1.29 is 18.7 Å². The fraction of sp³-hybridized carbons (Fsp3) is 0.120. The zero-order valence-corrected chi connectivity index (χ0v) is 20.3. The summed E-state index contributed by atoms with van der Waals surface area (Å²) in [5, 5.41) is 4.12. The van der Waals surface area contributed by atoms with Gasteiger partial charge in [-0.2, -0.15) is 0 Å². The minimum Gasteiger partial charge on any atom is -0.490 e. The first-order valence-corrected chi connectivity index (χ1v) is 11.9. The molecule has 1 aliphatic rings. The Bertz CT molecular complexity index is 1260. The molecule has 0 atom stereocenters. The zero-order valence-electron chi connectivity index (χ0n) is 18.0. The Morgan fingerprint density at radius 1 is 1.06 bits per heavy atom. The van der Waals surface area contributed by atoms with E-state index in [4.69, 9.17) is 32.7 Å². The number of nitrogens with one attached hydrogen (secondary N) is 1. The normalized spacial score (nSPS) is 15.6. The van der Waals surface area contributed by atoms with Crippen LogP contribution in [-0.2, 0) is 11.4 Å². The highest BCUT2D eigenvalue weighted by molar-refractivity contribution is 8.18. The molecule has 174 valence electrons. The highest BCUT2D eigenvalue weighted by Crippen LogP contribution is 2.39. The van der Waals surface area contributed by atoms with Gasteiger partial charge in [0, 0.05) is 5.02 Å². The smallest absolute Gasteiger partial charge is 0.264 e. The second-order valence-corrected chi connectivity index (χ2v) is 9.01. The van der Waals surface area contributed by atoms with Crippen LogP contribution in [-0.4, -0.2) is 17.7 Å². The Hall–Kier alpha value is -3.00. The number of hydrogen-bond donors (Lipinski definition) is 1. The summed E-state index contributed by atoms with van der Waals surface area (Å²) in [5.74, 6) is 0.250. The maximum Gasteiger partial charge on any atom is 0.264 e. The van der Waals surface area contributed by atoms with Crippen LogP contribution in [0, 0.1) is 5.82 Å². The molecule has 0 radical (unpaired) electrons. The van der Waals surface area contributed by atoms with Crippen LogP contribution in [0.4, 0.5) is 10.1 Å². The molecule has 0 bridgehead atoms. The lowest BCUT2D eigenvalue weighted by Crippen LogP contribution is -2.19. The maximum absolute atomic E-state index is 13.1. The summed E-state index contributed by atoms with van der Waals surface area (Å²) in [6.45, 7) is 2.57. The van der Waals surface area contributed by atoms with Crippen LogP contribution in [0.5, 0.6) is 11.5 Å². The predicted molar refractivity (Wildman–Crippen MR) is 136 cm³/mol. The Kier molecular flexibility index (Phi) is 7.77. The monoisotopic (exact) mass is 516 g/mol. The van der Waals surface area contributed by atoms with E-state index in [1.54, 1.807) is 30.3 Å². The van der Waals surface area contributed by atoms with Crippen LogP contribution in [0.2, 0.25) is 10.0 Å². The Morgan fingerprint density at radius 3 is 2.50 bits per heavy atom. The lowest BCUT2D eigenvalue weighted by atomic mass is 10.1. The van der Waals surface area contributed by atoms with Crippen LogP contribution in [0.3, 0.4) is 0 Å². The molecule has 0 saturated carbocycles. The molecule has 3 aromatic carbocycles. The number of aliphatic imine (C=N–C) groups is 1. The molecule has 4 rings (SSSR count). The number of benzene rings is 3. The zero-order chi connectivity index (χ0) is 24.1. The molecule has 0 spiro atoms. The van der Waals surface area contributed by atoms with E-state index < -0.39 is 0 Å². The Labute approximate surface area is 210 Å². The van der Waals surface area contributed by atoms with Crippen molar-refractivity contribution in [1.82, 2.24) is 5.32 Å². The number of hydrogen-bond acceptors (Lipinski definition) is 5. The van der Waals surface area contributed by atoms with Crippen molar-refractivity contribution >= 4 is 57.8 Å². The lowest BCUT2D eigenvalue weighted by molar-refractivity contribution is -0.115. The van der Waals surface area contributed by atoms with Crippen molar-refractivity contribution in [2.75, 3.05) is 6.61 Å². The second-order valence-electron chi connectivity index (χ2n) is 7.14. The van der Waals surface area contributed by atoms with E-state index in [2.05, 4.69) is 10.3 Å². The molecule has 1 saturated heterocycles. The first-order chi connectivity index (χ1) is 16.4. The van der Waals surface area contributed by atoms with Gasteiger partial charge in [-0.15, -0.1) is 0 Å². The summed E-state index contributed by atoms with van der Waals surface area (Å²) in [5.41, 5.74) is 2.14. The van der Waals surface area contributed by atoms with E-state index in [1.165, 1.54) is 36.0 Å². The highest BCUT2D eigenvalue weighted by atomic mass is 35.5. The van der Waals surface area contributed by atoms with Crippen molar-refractivity contribution in [3.05, 3.63) is 92.6 Å². The molecule has 1 amide bonds. The molecule has 0 aromatic heterocycles. The summed E-state index contributed by atoms with van der Waals surface area (Å²) < 4.78 is 24.8. The third-order valence-corrected chi connectivity index (χ3v) is 6.08. The number of amides is 1. The van der Waals surface area contributed by atoms with Gasteiger partial charge in [0.1, 0.15) is 12.4 Å². The number of halogens is 3. The fourth-order valence-electron chi connectivity index (χ4n) is 3.08. The minimum atomic E-state index is -0.352. The van der Waals surface area contributed by atoms with Gasteiger partial charge in [0.25, 0.3) is 5.91 Å². The SMILES string of the molecule is CCOc1cc(/C=C2/SC(=Nc3ccc(F)cc3)NC2=O)cc(Cl)c1OCc1ccc(Cl)cc1. The molecule has 34 heavy (non-hydrogen) atoms. The lowest BCUT2D eigenvalue weighted by Gasteiger charge is -2.15. The third kappa shape index (κ3) is 6.11. The van der Waals surface area contributed by atoms with Crippen LogP contribution < -0.4 is 14.8 Å². The third-order valence-electron chi connectivity index (χ3n) is 4.63. The molecule has 1 N–H and O–H groups in total. The van der Waals surface area contributed by atoms with Gasteiger partial charge in [-0.3, -0.25) is 4.79 Å². The van der Waals surface area contributed by atoms with Crippen molar-refractivity contribution in [3.8, 4) is 11.5 Å². The molecule has 0 unspecified atom stereocenters. The summed E-state index contributed by atoms with van der Waals surface area (Å²) >= 11 is 13.6. The van der Waals surface area contributed by atoms with Crippen LogP contribution in [0.15, 0.2) is 70.6 Å². The quantitative estimate of drug-likeness (QED) is 0.343. The molecular formula is C25H19Cl2FN2O3S. The molecule has 9 heteroatoms. The van der Waals surface area contributed by atoms with Gasteiger partial charge in [0.15, 0.2) is 16.7 Å². The van der Waals surface area contributed by atoms with Gasteiger partial charge in [-0.05, 0) is 84.4 Å². The van der Waals surface area contributed by atoms with E-state index in [-0.39, 0.29) is 11.7 Å². The highest BCUT2D eigenvalue weighted by Gasteiger charge is 2.24. The number of carbonyl (C=O) groups excluding carboxylic acids is 1. The molecular weight excluding hydrogens is 498 g/mol. The molecule has 1 fully saturated rings. The average molecular weight is 517 g/mol. The second kappa shape index (κ2) is 11.0. The van der Waals surface area contributed by atoms with Gasteiger partial charge in [0.05, 0.1) is 22.2 Å². The number of nitrogens with zero attached hydrogens (tertiary/aromatic N) is 1. The van der Waals surface area contributed by atoms with Crippen molar-refractivity contribution in [1.29, 1.82) is 0 Å². The van der Waals surface area contributed by atoms with Gasteiger partial charge >= 0.3 is 0 Å². The predicted octanol–water partition coefficient (Wildman–Crippen LogP) is 7.00. The van der Waals surface area contributed by atoms with Gasteiger partial charge in [0.2, 0.25) is 0 Å². The standard InChI is InChI=1S/C25H19Cl2FN2O3S/c1-2-32-21-12-16(11-20(27)23(21)33-14-15-3-5-17(26)6-4-15)13-22-24(31)30-25(34-22)29-19-9-7-18(28)8-10-19/h3-13H,2,14H2,1H3,(H,29,30,31)/b22-13+. The molecule has 5 nitrogen and oxygen atoms in total. The molecule has 1 aliphatic heterocycles. The summed E-state index contributed by atoms with van der Waals surface area (Å²) in [6, 6.07) is 16.5. The number of rotatable bonds is 7. The number of amidine groups is 1. The van der Waals surface area contributed by atoms with E-state index >= 15 is 0 Å². The van der Waals surface area contributed by atoms with E-state index in [0.717, 1.165) is 5.56 Å². The Morgan fingerprint density at radius 2 is 1.79 bits per heavy atom. The number of thioether (sulfide) groups is 1. The summed E-state index contributed by atoms with van der Waals surface area (Å²) in [4.78, 5) is 17.2. The van der Waals surface area contributed by atoms with Crippen molar-refractivity contribution in [2.24, 2.45) is 4.99 Å². The van der Waals surface area contributed by atoms with E-state index in [1.807, 2.05) is 19.1 Å². The topological polar surface area (TPSA) is 59.9 Å². The maximum atomic E-state index is 13.1. The van der Waals surface area contributed by atoms with Gasteiger partial charge < -0.3 is 14.8 Å². The largest absolute Gasteiger partial charge is 0.490 e. The van der Waals surface area contributed by atoms with Gasteiger partial charge in [-0.25, -0.2) is 9.38 Å². The van der Waals surface area contributed by atoms with Crippen LogP contribution in [0.1, 0.15) is 18.1 Å². The molecule has 3 aromatic rings. The molecule has 0 aliphatic carbocycles. The number of ether oxygens (including phenoxy) is 2. The van der Waals surface area contributed by atoms with Crippen molar-refractivity contribution in [3.63, 3.8) is 0 Å². The first-order valence-electron chi connectivity index (χ1n) is 10.3. The average Bonchev–Trinajstić information content (AvgIpc) is 3.14. The minimum absolute atomic E-state index is 0.289. The van der Waals surface area contributed by atoms with E-state index in [0.29, 0.717) is 56.1 Å². The number of carbonyl (C=O) groups is 1. The summed E-state index contributed by atoms with van der Waals surface area (Å²) in [7, 11) is 0. The Balaban J connectivity index is 1.54. The fourth-order valence-corrected chi connectivity index (χ4v) is 4.32.